The first kappa shape index (κ1) is 21.3. The van der Waals surface area contributed by atoms with Gasteiger partial charge in [-0.1, -0.05) is 27.2 Å². The molecule has 4 atom stereocenters. The van der Waals surface area contributed by atoms with Gasteiger partial charge in [-0.05, 0) is 37.0 Å². The maximum Gasteiger partial charge on any atom is 0.335 e. The van der Waals surface area contributed by atoms with Crippen LogP contribution in [0.15, 0.2) is 11.6 Å². The van der Waals surface area contributed by atoms with Crippen LogP contribution in [-0.2, 0) is 23.4 Å². The first-order valence-corrected chi connectivity index (χ1v) is 13.3. The van der Waals surface area contributed by atoms with Crippen molar-refractivity contribution in [1.82, 2.24) is 0 Å². The van der Waals surface area contributed by atoms with E-state index in [1.807, 2.05) is 0 Å². The molecule has 0 amide bonds. The second-order valence-corrected chi connectivity index (χ2v) is 14.7. The molecule has 0 aromatic rings. The van der Waals surface area contributed by atoms with E-state index in [0.29, 0.717) is 5.57 Å². The van der Waals surface area contributed by atoms with Gasteiger partial charge in [0.15, 0.2) is 14.1 Å². The summed E-state index contributed by atoms with van der Waals surface area (Å²) in [6, 6.07) is 0. The second-order valence-electron chi connectivity index (χ2n) is 9.49. The highest BCUT2D eigenvalue weighted by Crippen LogP contribution is 2.47. The molecule has 0 aromatic carbocycles. The molecule has 1 saturated carbocycles. The zero-order valence-electron chi connectivity index (χ0n) is 17.3. The molecule has 1 aliphatic heterocycles. The van der Waals surface area contributed by atoms with Crippen LogP contribution in [0.5, 0.6) is 0 Å². The van der Waals surface area contributed by atoms with Crippen molar-refractivity contribution in [2.24, 2.45) is 0 Å². The highest BCUT2D eigenvalue weighted by atomic mass is 35.5. The predicted octanol–water partition coefficient (Wildman–Crippen LogP) is 4.54. The molecule has 0 radical (unpaired) electrons. The van der Waals surface area contributed by atoms with Gasteiger partial charge in [-0.3, -0.25) is 0 Å². The SMILES string of the molecule is COC(=O)C1=C[C@@H]2OC3(CCCCC3)O[C@@H]2[C@H](O[Si](C)(C)C(C)(C)C)[C@H]1Cl. The van der Waals surface area contributed by atoms with Crippen molar-refractivity contribution >= 4 is 25.9 Å². The van der Waals surface area contributed by atoms with E-state index < -0.39 is 31.6 Å². The topological polar surface area (TPSA) is 54.0 Å². The summed E-state index contributed by atoms with van der Waals surface area (Å²) in [6.07, 6.45) is 5.87. The lowest BCUT2D eigenvalue weighted by Gasteiger charge is -2.44. The molecule has 1 saturated heterocycles. The van der Waals surface area contributed by atoms with Gasteiger partial charge in [-0.15, -0.1) is 11.6 Å². The van der Waals surface area contributed by atoms with Crippen molar-refractivity contribution in [3.63, 3.8) is 0 Å². The van der Waals surface area contributed by atoms with Crippen LogP contribution < -0.4 is 0 Å². The van der Waals surface area contributed by atoms with Crippen LogP contribution in [0.1, 0.15) is 52.9 Å². The summed E-state index contributed by atoms with van der Waals surface area (Å²) in [5.74, 6) is -0.994. The fourth-order valence-electron chi connectivity index (χ4n) is 3.92. The smallest absolute Gasteiger partial charge is 0.335 e. The van der Waals surface area contributed by atoms with Crippen LogP contribution in [0.4, 0.5) is 0 Å². The van der Waals surface area contributed by atoms with E-state index in [4.69, 9.17) is 30.2 Å². The zero-order chi connectivity index (χ0) is 20.0. The minimum absolute atomic E-state index is 0.0215. The second kappa shape index (κ2) is 7.45. The van der Waals surface area contributed by atoms with Gasteiger partial charge in [0.1, 0.15) is 12.2 Å². The van der Waals surface area contributed by atoms with Gasteiger partial charge >= 0.3 is 5.97 Å². The zero-order valence-corrected chi connectivity index (χ0v) is 19.1. The molecule has 0 bridgehead atoms. The first-order valence-electron chi connectivity index (χ1n) is 9.97. The van der Waals surface area contributed by atoms with Gasteiger partial charge in [0.05, 0.1) is 24.2 Å². The number of carbonyl (C=O) groups excluding carboxylic acids is 1. The van der Waals surface area contributed by atoms with Crippen LogP contribution in [0.3, 0.4) is 0 Å². The highest BCUT2D eigenvalue weighted by Gasteiger charge is 2.56. The maximum absolute atomic E-state index is 12.3. The number of alkyl halides is 1. The molecular formula is C20H33ClO5Si. The summed E-state index contributed by atoms with van der Waals surface area (Å²) in [7, 11) is -0.757. The summed E-state index contributed by atoms with van der Waals surface area (Å²) in [6.45, 7) is 10.9. The van der Waals surface area contributed by atoms with Gasteiger partial charge in [-0.2, -0.15) is 0 Å². The summed E-state index contributed by atoms with van der Waals surface area (Å²) >= 11 is 6.76. The summed E-state index contributed by atoms with van der Waals surface area (Å²) in [5, 5.41) is -0.594. The van der Waals surface area contributed by atoms with Crippen molar-refractivity contribution in [3.8, 4) is 0 Å². The number of hydrogen-bond acceptors (Lipinski definition) is 5. The number of esters is 1. The van der Waals surface area contributed by atoms with Gasteiger partial charge in [0.25, 0.3) is 0 Å². The summed E-state index contributed by atoms with van der Waals surface area (Å²) < 4.78 is 24.5. The minimum atomic E-state index is -2.13. The Bertz CT molecular complexity index is 606. The molecule has 7 heteroatoms. The normalized spacial score (nSPS) is 33.5. The number of carbonyl (C=O) groups is 1. The van der Waals surface area contributed by atoms with E-state index >= 15 is 0 Å². The molecular weight excluding hydrogens is 384 g/mol. The van der Waals surface area contributed by atoms with Gasteiger partial charge in [0, 0.05) is 12.8 Å². The Morgan fingerprint density at radius 2 is 1.85 bits per heavy atom. The molecule has 3 aliphatic rings. The Balaban J connectivity index is 1.93. The number of hydrogen-bond donors (Lipinski definition) is 0. The Hall–Kier alpha value is -0.403. The van der Waals surface area contributed by atoms with E-state index in [9.17, 15) is 4.79 Å². The minimum Gasteiger partial charge on any atom is -0.466 e. The third kappa shape index (κ3) is 4.01. The fraction of sp³-hybridized carbons (Fsp3) is 0.850. The maximum atomic E-state index is 12.3. The van der Waals surface area contributed by atoms with Crippen LogP contribution in [-0.4, -0.2) is 50.9 Å². The Morgan fingerprint density at radius 1 is 1.22 bits per heavy atom. The first-order chi connectivity index (χ1) is 12.5. The number of rotatable bonds is 3. The third-order valence-electron chi connectivity index (χ3n) is 6.55. The molecule has 154 valence electrons. The van der Waals surface area contributed by atoms with Crippen LogP contribution in [0, 0.1) is 0 Å². The predicted molar refractivity (Wildman–Crippen MR) is 107 cm³/mol. The number of fused-ring (bicyclic) bond motifs is 1. The highest BCUT2D eigenvalue weighted by molar-refractivity contribution is 6.74. The lowest BCUT2D eigenvalue weighted by atomic mass is 9.92. The van der Waals surface area contributed by atoms with Gasteiger partial charge < -0.3 is 18.6 Å². The van der Waals surface area contributed by atoms with E-state index in [2.05, 4.69) is 33.9 Å². The van der Waals surface area contributed by atoms with Crippen molar-refractivity contribution in [3.05, 3.63) is 11.6 Å². The molecule has 0 unspecified atom stereocenters. The van der Waals surface area contributed by atoms with Gasteiger partial charge in [-0.25, -0.2) is 4.79 Å². The van der Waals surface area contributed by atoms with Crippen molar-refractivity contribution in [2.75, 3.05) is 7.11 Å². The average Bonchev–Trinajstić information content (AvgIpc) is 2.93. The fourth-order valence-corrected chi connectivity index (χ4v) is 5.67. The van der Waals surface area contributed by atoms with Crippen LogP contribution >= 0.6 is 11.6 Å². The molecule has 1 heterocycles. The van der Waals surface area contributed by atoms with E-state index in [1.54, 1.807) is 6.08 Å². The van der Waals surface area contributed by atoms with Crippen molar-refractivity contribution in [2.45, 2.75) is 100 Å². The molecule has 2 fully saturated rings. The van der Waals surface area contributed by atoms with Crippen LogP contribution in [0.25, 0.3) is 0 Å². The monoisotopic (exact) mass is 416 g/mol. The van der Waals surface area contributed by atoms with E-state index in [1.165, 1.54) is 13.5 Å². The number of methoxy groups -OCH3 is 1. The van der Waals surface area contributed by atoms with Gasteiger partial charge in [0.2, 0.25) is 0 Å². The Morgan fingerprint density at radius 3 is 2.41 bits per heavy atom. The average molecular weight is 417 g/mol. The van der Waals surface area contributed by atoms with Crippen molar-refractivity contribution in [1.29, 1.82) is 0 Å². The lowest BCUT2D eigenvalue weighted by Crippen LogP contribution is -2.55. The number of halogens is 1. The van der Waals surface area contributed by atoms with Crippen LogP contribution in [0.2, 0.25) is 18.1 Å². The van der Waals surface area contributed by atoms with Crippen molar-refractivity contribution < 1.29 is 23.4 Å². The molecule has 27 heavy (non-hydrogen) atoms. The lowest BCUT2D eigenvalue weighted by molar-refractivity contribution is -0.196. The summed E-state index contributed by atoms with van der Waals surface area (Å²) in [5.41, 5.74) is 0.417. The molecule has 0 N–H and O–H groups in total. The summed E-state index contributed by atoms with van der Waals surface area (Å²) in [4.78, 5) is 12.3. The third-order valence-corrected chi connectivity index (χ3v) is 11.5. The van der Waals surface area contributed by atoms with E-state index in [-0.39, 0.29) is 17.2 Å². The quantitative estimate of drug-likeness (QED) is 0.384. The molecule has 5 nitrogen and oxygen atoms in total. The Kier molecular flexibility index (Phi) is 5.88. The molecule has 1 spiro atoms. The molecule has 3 rings (SSSR count). The Labute approximate surface area is 168 Å². The largest absolute Gasteiger partial charge is 0.466 e. The molecule has 0 aromatic heterocycles. The number of ether oxygens (including phenoxy) is 3. The standard InChI is InChI=1S/C20H33ClO5Si/c1-19(2,3)27(5,6)26-17-15(21)13(18(22)23-4)12-14-16(17)25-20(24-14)10-8-7-9-11-20/h12,14-17H,7-11H2,1-6H3/t14-,15-,16-,17+/m0/s1. The molecule has 2 aliphatic carbocycles. The van der Waals surface area contributed by atoms with E-state index in [0.717, 1.165) is 25.7 Å².